The third-order valence-electron chi connectivity index (χ3n) is 7.08. The molecule has 2 heterocycles. The van der Waals surface area contributed by atoms with Crippen LogP contribution in [0, 0.1) is 12.8 Å². The van der Waals surface area contributed by atoms with Gasteiger partial charge in [-0.2, -0.15) is 0 Å². The largest absolute Gasteiger partial charge is 0.340 e. The van der Waals surface area contributed by atoms with Crippen molar-refractivity contribution in [3.8, 4) is 0 Å². The van der Waals surface area contributed by atoms with Gasteiger partial charge in [-0.05, 0) is 61.7 Å². The molecule has 0 unspecified atom stereocenters. The van der Waals surface area contributed by atoms with Crippen molar-refractivity contribution in [1.82, 2.24) is 9.47 Å². The first-order chi connectivity index (χ1) is 16.6. The zero-order chi connectivity index (χ0) is 23.7. The van der Waals surface area contributed by atoms with E-state index in [1.165, 1.54) is 18.2 Å². The van der Waals surface area contributed by atoms with Gasteiger partial charge in [-0.3, -0.25) is 9.69 Å². The quantitative estimate of drug-likeness (QED) is 0.290. The summed E-state index contributed by atoms with van der Waals surface area (Å²) in [5.74, 6) is 0.549. The van der Waals surface area contributed by atoms with Crippen LogP contribution in [0.4, 0.5) is 5.69 Å². The molecule has 2 fully saturated rings. The van der Waals surface area contributed by atoms with Gasteiger partial charge in [0.1, 0.15) is 0 Å². The lowest BCUT2D eigenvalue weighted by Gasteiger charge is -2.35. The molecule has 3 aromatic rings. The van der Waals surface area contributed by atoms with Crippen LogP contribution in [0.25, 0.3) is 17.0 Å². The highest BCUT2D eigenvalue weighted by atomic mass is 32.2. The molecule has 1 amide bonds. The van der Waals surface area contributed by atoms with E-state index in [1.54, 1.807) is 0 Å². The fraction of sp³-hybridized carbons (Fsp3) is 0.310. The normalized spacial score (nSPS) is 23.4. The maximum atomic E-state index is 13.9. The molecule has 0 radical (unpaired) electrons. The van der Waals surface area contributed by atoms with Crippen LogP contribution in [-0.2, 0) is 11.3 Å². The van der Waals surface area contributed by atoms with Crippen molar-refractivity contribution in [3.63, 3.8) is 0 Å². The lowest BCUT2D eigenvalue weighted by Crippen LogP contribution is -2.44. The number of carbonyl (C=O) groups excluding carboxylic acids is 1. The van der Waals surface area contributed by atoms with Crippen molar-refractivity contribution >= 4 is 45.5 Å². The number of hydrogen-bond acceptors (Lipinski definition) is 3. The average molecular weight is 470 g/mol. The topological polar surface area (TPSA) is 37.6 Å². The maximum Gasteiger partial charge on any atom is 0.267 e. The van der Waals surface area contributed by atoms with Gasteiger partial charge in [0.2, 0.25) is 0 Å². The Kier molecular flexibility index (Phi) is 6.46. The number of fused-ring (bicyclic) bond motifs is 1. The molecule has 174 valence electrons. The zero-order valence-corrected chi connectivity index (χ0v) is 20.7. The van der Waals surface area contributed by atoms with Gasteiger partial charge in [-0.1, -0.05) is 62.2 Å². The minimum absolute atomic E-state index is 0.0818. The van der Waals surface area contributed by atoms with Gasteiger partial charge >= 0.3 is 0 Å². The van der Waals surface area contributed by atoms with E-state index >= 15 is 0 Å². The molecule has 5 rings (SSSR count). The van der Waals surface area contributed by atoms with E-state index < -0.39 is 0 Å². The van der Waals surface area contributed by atoms with Gasteiger partial charge < -0.3 is 4.57 Å². The minimum Gasteiger partial charge on any atom is -0.340 e. The molecular weight excluding hydrogens is 438 g/mol. The maximum absolute atomic E-state index is 13.9. The lowest BCUT2D eigenvalue weighted by atomic mass is 9.85. The number of para-hydroxylation sites is 2. The summed E-state index contributed by atoms with van der Waals surface area (Å²) < 4.78 is 2.26. The Balaban J connectivity index is 1.61. The number of carbonyl (C=O) groups is 1. The fourth-order valence-electron chi connectivity index (χ4n) is 5.29. The van der Waals surface area contributed by atoms with E-state index in [2.05, 4.69) is 55.3 Å². The summed E-state index contributed by atoms with van der Waals surface area (Å²) in [7, 11) is 0. The van der Waals surface area contributed by atoms with Crippen molar-refractivity contribution in [2.75, 3.05) is 0 Å². The second-order valence-corrected chi connectivity index (χ2v) is 10.3. The monoisotopic (exact) mass is 469 g/mol. The third kappa shape index (κ3) is 4.14. The summed E-state index contributed by atoms with van der Waals surface area (Å²) in [6.07, 6.45) is 8.59. The van der Waals surface area contributed by atoms with Crippen molar-refractivity contribution < 1.29 is 4.79 Å². The number of aromatic nitrogens is 1. The summed E-state index contributed by atoms with van der Waals surface area (Å²) >= 11 is 1.51. The number of benzene rings is 2. The van der Waals surface area contributed by atoms with Crippen LogP contribution in [0.2, 0.25) is 0 Å². The molecule has 2 aromatic carbocycles. The summed E-state index contributed by atoms with van der Waals surface area (Å²) in [6.45, 7) is 9.07. The van der Waals surface area contributed by atoms with Crippen molar-refractivity contribution in [1.29, 1.82) is 0 Å². The van der Waals surface area contributed by atoms with E-state index in [4.69, 9.17) is 4.99 Å². The van der Waals surface area contributed by atoms with Crippen LogP contribution in [0.1, 0.15) is 43.9 Å². The van der Waals surface area contributed by atoms with Gasteiger partial charge in [-0.25, -0.2) is 4.99 Å². The molecule has 0 bridgehead atoms. The number of hydrogen-bond donors (Lipinski definition) is 0. The Morgan fingerprint density at radius 3 is 2.59 bits per heavy atom. The molecular formula is C29H31N3OS. The minimum atomic E-state index is 0.0818. The van der Waals surface area contributed by atoms with Crippen LogP contribution in [0.3, 0.4) is 0 Å². The smallest absolute Gasteiger partial charge is 0.267 e. The SMILES string of the molecule is C=CCn1c(C)c(/C=C2\SC(=Nc3ccccc3)N([C@H]3CCCC[C@@H]3C)C2=O)c2ccccc21. The van der Waals surface area contributed by atoms with Gasteiger partial charge in [0.05, 0.1) is 10.6 Å². The summed E-state index contributed by atoms with van der Waals surface area (Å²) in [5, 5.41) is 1.96. The van der Waals surface area contributed by atoms with E-state index in [-0.39, 0.29) is 11.9 Å². The molecule has 4 nitrogen and oxygen atoms in total. The van der Waals surface area contributed by atoms with Crippen LogP contribution in [0.5, 0.6) is 0 Å². The second kappa shape index (κ2) is 9.67. The Morgan fingerprint density at radius 2 is 1.82 bits per heavy atom. The summed E-state index contributed by atoms with van der Waals surface area (Å²) in [4.78, 5) is 21.5. The first-order valence-corrected chi connectivity index (χ1v) is 13.0. The Hall–Kier alpha value is -3.05. The third-order valence-corrected chi connectivity index (χ3v) is 8.07. The van der Waals surface area contributed by atoms with Crippen LogP contribution in [0.15, 0.2) is 77.1 Å². The van der Waals surface area contributed by atoms with Crippen molar-refractivity contribution in [2.24, 2.45) is 10.9 Å². The van der Waals surface area contributed by atoms with E-state index in [0.717, 1.165) is 63.7 Å². The van der Waals surface area contributed by atoms with Crippen LogP contribution < -0.4 is 0 Å². The number of rotatable bonds is 5. The molecule has 34 heavy (non-hydrogen) atoms. The van der Waals surface area contributed by atoms with Crippen molar-refractivity contribution in [2.45, 2.75) is 52.1 Å². The standard InChI is InChI=1S/C29H31N3OS/c1-4-18-31-21(3)24(23-15-9-11-17-26(23)31)19-27-28(33)32(25-16-10-8-12-20(25)2)29(34-27)30-22-13-6-5-7-14-22/h4-7,9,11,13-15,17,19-20,25H,1,8,10,12,16,18H2,2-3H3/b27-19-,30-29?/t20-,25-/m0/s1. The highest BCUT2D eigenvalue weighted by Gasteiger charge is 2.41. The Bertz CT molecular complexity index is 1290. The second-order valence-electron chi connectivity index (χ2n) is 9.26. The number of nitrogens with zero attached hydrogens (tertiary/aromatic N) is 3. The molecule has 2 aliphatic rings. The van der Waals surface area contributed by atoms with Gasteiger partial charge in [0, 0.05) is 34.7 Å². The molecule has 1 aliphatic heterocycles. The Morgan fingerprint density at radius 1 is 1.09 bits per heavy atom. The Labute approximate surface area is 206 Å². The van der Waals surface area contributed by atoms with E-state index in [9.17, 15) is 4.79 Å². The first-order valence-electron chi connectivity index (χ1n) is 12.1. The zero-order valence-electron chi connectivity index (χ0n) is 19.9. The van der Waals surface area contributed by atoms with E-state index in [1.807, 2.05) is 41.3 Å². The fourth-order valence-corrected chi connectivity index (χ4v) is 6.31. The van der Waals surface area contributed by atoms with Crippen LogP contribution >= 0.6 is 11.8 Å². The average Bonchev–Trinajstić information content (AvgIpc) is 3.29. The predicted molar refractivity (Wildman–Crippen MR) is 144 cm³/mol. The summed E-state index contributed by atoms with van der Waals surface area (Å²) in [6, 6.07) is 18.6. The molecule has 1 saturated heterocycles. The number of thioether (sulfide) groups is 1. The molecule has 1 aromatic heterocycles. The van der Waals surface area contributed by atoms with Gasteiger partial charge in [-0.15, -0.1) is 6.58 Å². The number of allylic oxidation sites excluding steroid dienone is 1. The molecule has 0 N–H and O–H groups in total. The van der Waals surface area contributed by atoms with Crippen LogP contribution in [-0.4, -0.2) is 26.6 Å². The molecule has 1 aliphatic carbocycles. The predicted octanol–water partition coefficient (Wildman–Crippen LogP) is 7.32. The van der Waals surface area contributed by atoms with Gasteiger partial charge in [0.15, 0.2) is 5.17 Å². The van der Waals surface area contributed by atoms with Gasteiger partial charge in [0.25, 0.3) is 5.91 Å². The molecule has 5 heteroatoms. The molecule has 0 spiro atoms. The highest BCUT2D eigenvalue weighted by molar-refractivity contribution is 8.18. The number of aliphatic imine (C=N–C) groups is 1. The first kappa shape index (κ1) is 22.7. The number of amides is 1. The summed E-state index contributed by atoms with van der Waals surface area (Å²) in [5.41, 5.74) is 4.29. The lowest BCUT2D eigenvalue weighted by molar-refractivity contribution is -0.124. The highest BCUT2D eigenvalue weighted by Crippen LogP contribution is 2.41. The molecule has 1 saturated carbocycles. The molecule has 2 atom stereocenters. The van der Waals surface area contributed by atoms with E-state index in [0.29, 0.717) is 5.92 Å². The van der Waals surface area contributed by atoms with Crippen molar-refractivity contribution in [3.05, 3.63) is 83.4 Å². The number of amidine groups is 1.